The largest absolute Gasteiger partial charge is 0.491 e. The van der Waals surface area contributed by atoms with Crippen LogP contribution in [-0.4, -0.2) is 11.7 Å². The number of ether oxygens (including phenoxy) is 2. The summed E-state index contributed by atoms with van der Waals surface area (Å²) in [5.74, 6) is 4.72. The third-order valence-electron chi connectivity index (χ3n) is 7.78. The summed E-state index contributed by atoms with van der Waals surface area (Å²) in [5, 5.41) is 0. The van der Waals surface area contributed by atoms with Gasteiger partial charge in [-0.2, -0.15) is 0 Å². The van der Waals surface area contributed by atoms with Crippen molar-refractivity contribution in [3.05, 3.63) is 22.8 Å². The maximum absolute atomic E-state index is 6.68. The molecular weight excluding hydrogens is 404 g/mol. The first kappa shape index (κ1) is 28.1. The molecule has 2 rings (SSSR count). The van der Waals surface area contributed by atoms with E-state index in [4.69, 9.17) is 9.47 Å². The van der Waals surface area contributed by atoms with Crippen LogP contribution in [0.3, 0.4) is 0 Å². The highest BCUT2D eigenvalue weighted by atomic mass is 16.5. The Morgan fingerprint density at radius 1 is 0.848 bits per heavy atom. The molecule has 3 atom stereocenters. The van der Waals surface area contributed by atoms with Crippen LogP contribution < -0.4 is 9.47 Å². The topological polar surface area (TPSA) is 18.5 Å². The summed E-state index contributed by atoms with van der Waals surface area (Å²) in [6, 6.07) is 2.23. The van der Waals surface area contributed by atoms with E-state index in [0.717, 1.165) is 48.5 Å². The zero-order chi connectivity index (χ0) is 24.6. The second-order valence-corrected chi connectivity index (χ2v) is 12.2. The molecule has 1 aromatic carbocycles. The zero-order valence-electron chi connectivity index (χ0n) is 23.5. The Morgan fingerprint density at radius 3 is 2.00 bits per heavy atom. The highest BCUT2D eigenvalue weighted by molar-refractivity contribution is 5.53. The first-order valence-corrected chi connectivity index (χ1v) is 14.0. The number of rotatable bonds is 14. The second kappa shape index (κ2) is 13.1. The molecule has 0 aromatic heterocycles. The van der Waals surface area contributed by atoms with E-state index in [1.165, 1.54) is 68.1 Å². The average Bonchev–Trinajstić information content (AvgIpc) is 2.72. The minimum Gasteiger partial charge on any atom is -0.491 e. The summed E-state index contributed by atoms with van der Waals surface area (Å²) in [6.45, 7) is 20.4. The molecular formula is C31H54O2. The van der Waals surface area contributed by atoms with Gasteiger partial charge in [0.2, 0.25) is 0 Å². The maximum atomic E-state index is 6.68. The third-order valence-corrected chi connectivity index (χ3v) is 7.78. The molecule has 1 aliphatic rings. The van der Waals surface area contributed by atoms with Gasteiger partial charge in [-0.15, -0.1) is 0 Å². The van der Waals surface area contributed by atoms with Crippen molar-refractivity contribution in [1.82, 2.24) is 0 Å². The first-order chi connectivity index (χ1) is 15.5. The number of hydrogen-bond acceptors (Lipinski definition) is 2. The summed E-state index contributed by atoms with van der Waals surface area (Å²) in [4.78, 5) is 0. The maximum Gasteiger partial charge on any atom is 0.126 e. The molecule has 2 nitrogen and oxygen atoms in total. The van der Waals surface area contributed by atoms with Crippen LogP contribution in [0.5, 0.6) is 11.5 Å². The number of benzene rings is 1. The van der Waals surface area contributed by atoms with Gasteiger partial charge in [0.1, 0.15) is 17.1 Å². The van der Waals surface area contributed by atoms with E-state index in [2.05, 4.69) is 68.4 Å². The number of hydrogen-bond donors (Lipinski definition) is 0. The number of aryl methyl sites for hydroxylation is 1. The van der Waals surface area contributed by atoms with Gasteiger partial charge in [0, 0.05) is 0 Å². The molecule has 190 valence electrons. The predicted molar refractivity (Wildman–Crippen MR) is 144 cm³/mol. The summed E-state index contributed by atoms with van der Waals surface area (Å²) >= 11 is 0. The van der Waals surface area contributed by atoms with Crippen molar-refractivity contribution in [2.45, 2.75) is 145 Å². The fourth-order valence-corrected chi connectivity index (χ4v) is 5.31. The first-order valence-electron chi connectivity index (χ1n) is 14.0. The minimum absolute atomic E-state index is 0.0325. The Labute approximate surface area is 206 Å². The van der Waals surface area contributed by atoms with Crippen LogP contribution in [0.1, 0.15) is 129 Å². The van der Waals surface area contributed by atoms with Gasteiger partial charge < -0.3 is 9.47 Å². The van der Waals surface area contributed by atoms with Crippen LogP contribution in [0.2, 0.25) is 0 Å². The molecule has 0 spiro atoms. The van der Waals surface area contributed by atoms with Gasteiger partial charge in [-0.25, -0.2) is 0 Å². The van der Waals surface area contributed by atoms with E-state index < -0.39 is 0 Å². The lowest BCUT2D eigenvalue weighted by atomic mass is 9.85. The summed E-state index contributed by atoms with van der Waals surface area (Å²) in [7, 11) is 0. The fourth-order valence-electron chi connectivity index (χ4n) is 5.31. The minimum atomic E-state index is -0.0325. The summed E-state index contributed by atoms with van der Waals surface area (Å²) < 4.78 is 12.7. The van der Waals surface area contributed by atoms with Crippen LogP contribution in [0, 0.1) is 31.6 Å². The van der Waals surface area contributed by atoms with Crippen molar-refractivity contribution >= 4 is 0 Å². The van der Waals surface area contributed by atoms with Crippen LogP contribution in [0.4, 0.5) is 0 Å². The molecule has 0 amide bonds. The van der Waals surface area contributed by atoms with E-state index >= 15 is 0 Å². The van der Waals surface area contributed by atoms with Crippen molar-refractivity contribution in [3.63, 3.8) is 0 Å². The molecule has 0 saturated carbocycles. The molecule has 1 heterocycles. The molecule has 0 N–H and O–H groups in total. The Hall–Kier alpha value is -1.18. The van der Waals surface area contributed by atoms with Gasteiger partial charge in [-0.1, -0.05) is 72.6 Å². The molecule has 33 heavy (non-hydrogen) atoms. The van der Waals surface area contributed by atoms with Gasteiger partial charge in [0.25, 0.3) is 0 Å². The second-order valence-electron chi connectivity index (χ2n) is 12.2. The van der Waals surface area contributed by atoms with E-state index in [9.17, 15) is 0 Å². The molecule has 0 radical (unpaired) electrons. The van der Waals surface area contributed by atoms with E-state index in [1.807, 2.05) is 0 Å². The van der Waals surface area contributed by atoms with Gasteiger partial charge in [0.05, 0.1) is 6.10 Å². The van der Waals surface area contributed by atoms with Crippen LogP contribution >= 0.6 is 0 Å². The Balaban J connectivity index is 1.76. The highest BCUT2D eigenvalue weighted by Gasteiger charge is 2.33. The Kier molecular flexibility index (Phi) is 11.1. The SMILES string of the molecule is Cc1c(OC(C)C)cc2c(c1C)OC(C)(CCCC(C)CCCC(C)CCCC(C)C)CC2. The fraction of sp³-hybridized carbons (Fsp3) is 0.806. The van der Waals surface area contributed by atoms with E-state index in [-0.39, 0.29) is 11.7 Å². The zero-order valence-corrected chi connectivity index (χ0v) is 23.5. The molecule has 2 heteroatoms. The van der Waals surface area contributed by atoms with Crippen LogP contribution in [0.15, 0.2) is 6.07 Å². The van der Waals surface area contributed by atoms with Crippen molar-refractivity contribution < 1.29 is 9.47 Å². The Morgan fingerprint density at radius 2 is 1.42 bits per heavy atom. The van der Waals surface area contributed by atoms with Crippen LogP contribution in [0.25, 0.3) is 0 Å². The van der Waals surface area contributed by atoms with E-state index in [1.54, 1.807) is 0 Å². The average molecular weight is 459 g/mol. The van der Waals surface area contributed by atoms with Gasteiger partial charge in [-0.3, -0.25) is 0 Å². The van der Waals surface area contributed by atoms with Crippen molar-refractivity contribution in [3.8, 4) is 11.5 Å². The van der Waals surface area contributed by atoms with Gasteiger partial charge in [0.15, 0.2) is 0 Å². The summed E-state index contributed by atoms with van der Waals surface area (Å²) in [6.07, 6.45) is 14.5. The molecule has 0 bridgehead atoms. The molecule has 1 aromatic rings. The van der Waals surface area contributed by atoms with Gasteiger partial charge in [-0.05, 0) is 101 Å². The summed E-state index contributed by atoms with van der Waals surface area (Å²) in [5.41, 5.74) is 3.76. The molecule has 3 unspecified atom stereocenters. The van der Waals surface area contributed by atoms with Crippen molar-refractivity contribution in [1.29, 1.82) is 0 Å². The normalized spacial score (nSPS) is 20.0. The van der Waals surface area contributed by atoms with Crippen LogP contribution in [-0.2, 0) is 6.42 Å². The van der Waals surface area contributed by atoms with Gasteiger partial charge >= 0.3 is 0 Å². The lowest BCUT2D eigenvalue weighted by Crippen LogP contribution is -2.36. The lowest BCUT2D eigenvalue weighted by molar-refractivity contribution is 0.0512. The quantitative estimate of drug-likeness (QED) is 0.276. The standard InChI is InChI=1S/C31H54O2/c1-22(2)13-10-14-24(5)15-11-16-25(6)17-12-19-31(9)20-18-28-21-29(32-23(3)4)26(7)27(8)30(28)33-31/h21-25H,10-20H2,1-9H3. The molecule has 0 fully saturated rings. The smallest absolute Gasteiger partial charge is 0.126 e. The van der Waals surface area contributed by atoms with Crippen molar-refractivity contribution in [2.75, 3.05) is 0 Å². The lowest BCUT2D eigenvalue weighted by Gasteiger charge is -2.38. The molecule has 0 saturated heterocycles. The monoisotopic (exact) mass is 458 g/mol. The predicted octanol–water partition coefficient (Wildman–Crippen LogP) is 9.61. The third kappa shape index (κ3) is 9.18. The highest BCUT2D eigenvalue weighted by Crippen LogP contribution is 2.42. The van der Waals surface area contributed by atoms with Crippen molar-refractivity contribution in [2.24, 2.45) is 17.8 Å². The molecule has 1 aliphatic heterocycles. The molecule has 0 aliphatic carbocycles. The van der Waals surface area contributed by atoms with E-state index in [0.29, 0.717) is 0 Å². The Bertz CT molecular complexity index is 720. The number of fused-ring (bicyclic) bond motifs is 1.